The number of imidazole rings is 1. The number of aliphatic carboxylic acids is 1. The van der Waals surface area contributed by atoms with Crippen LogP contribution in [0.4, 0.5) is 4.39 Å². The predicted molar refractivity (Wildman–Crippen MR) is 110 cm³/mol. The summed E-state index contributed by atoms with van der Waals surface area (Å²) in [7, 11) is 0. The van der Waals surface area contributed by atoms with E-state index in [1.165, 1.54) is 31.4 Å². The Morgan fingerprint density at radius 3 is 2.77 bits per heavy atom. The molecule has 1 aromatic carbocycles. The number of aromatic nitrogens is 2. The highest BCUT2D eigenvalue weighted by molar-refractivity contribution is 5.76. The molecule has 2 aromatic rings. The number of halogens is 1. The van der Waals surface area contributed by atoms with Crippen LogP contribution in [0.1, 0.15) is 55.8 Å². The molecule has 162 valence electrons. The first kappa shape index (κ1) is 21.0. The van der Waals surface area contributed by atoms with Gasteiger partial charge in [-0.2, -0.15) is 0 Å². The van der Waals surface area contributed by atoms with Gasteiger partial charge in [0.15, 0.2) is 0 Å². The van der Waals surface area contributed by atoms with Gasteiger partial charge < -0.3 is 14.8 Å². The summed E-state index contributed by atoms with van der Waals surface area (Å²) in [5.74, 6) is -1.43. The van der Waals surface area contributed by atoms with Crippen LogP contribution in [-0.2, 0) is 17.8 Å². The Bertz CT molecular complexity index is 880. The lowest BCUT2D eigenvalue weighted by Gasteiger charge is -2.43. The number of hydrogen-bond donors (Lipinski definition) is 2. The van der Waals surface area contributed by atoms with Crippen LogP contribution in [-0.4, -0.2) is 49.8 Å². The lowest BCUT2D eigenvalue weighted by molar-refractivity contribution is -0.163. The number of hydrogen-bond acceptors (Lipinski definition) is 4. The van der Waals surface area contributed by atoms with Crippen LogP contribution in [0.5, 0.6) is 0 Å². The van der Waals surface area contributed by atoms with Gasteiger partial charge in [-0.25, -0.2) is 9.37 Å². The van der Waals surface area contributed by atoms with Gasteiger partial charge in [0.1, 0.15) is 11.2 Å². The highest BCUT2D eigenvalue weighted by Gasteiger charge is 2.49. The Kier molecular flexibility index (Phi) is 6.20. The molecule has 1 aliphatic heterocycles. The summed E-state index contributed by atoms with van der Waals surface area (Å²) in [6.45, 7) is 1.44. The number of rotatable bonds is 6. The molecule has 7 heteroatoms. The molecule has 2 heterocycles. The van der Waals surface area contributed by atoms with Gasteiger partial charge in [0.2, 0.25) is 0 Å². The minimum Gasteiger partial charge on any atom is -0.481 e. The SMILES string of the molecule is O=C(O)[C@]1(Cc2cccc(F)c2)CN(Cc2cncn2C2CCCCC2)CC[C@H]1O. The van der Waals surface area contributed by atoms with Crippen molar-refractivity contribution in [3.8, 4) is 0 Å². The van der Waals surface area contributed by atoms with E-state index in [1.54, 1.807) is 12.1 Å². The summed E-state index contributed by atoms with van der Waals surface area (Å²) in [5.41, 5.74) is 0.315. The minimum atomic E-state index is -1.36. The molecule has 1 aliphatic carbocycles. The molecule has 0 bridgehead atoms. The summed E-state index contributed by atoms with van der Waals surface area (Å²) in [6.07, 6.45) is 9.31. The molecular weight excluding hydrogens is 385 g/mol. The Balaban J connectivity index is 1.53. The lowest BCUT2D eigenvalue weighted by Crippen LogP contribution is -2.57. The van der Waals surface area contributed by atoms with Gasteiger partial charge in [0.05, 0.1) is 18.1 Å². The maximum absolute atomic E-state index is 13.7. The molecule has 4 rings (SSSR count). The van der Waals surface area contributed by atoms with Crippen LogP contribution in [0.3, 0.4) is 0 Å². The zero-order valence-corrected chi connectivity index (χ0v) is 17.2. The topological polar surface area (TPSA) is 78.6 Å². The second-order valence-corrected chi connectivity index (χ2v) is 8.87. The van der Waals surface area contributed by atoms with Crippen molar-refractivity contribution >= 4 is 5.97 Å². The van der Waals surface area contributed by atoms with E-state index in [2.05, 4.69) is 14.5 Å². The number of carboxylic acids is 1. The molecule has 0 spiro atoms. The lowest BCUT2D eigenvalue weighted by atomic mass is 9.73. The molecule has 2 fully saturated rings. The monoisotopic (exact) mass is 415 g/mol. The molecule has 2 N–H and O–H groups in total. The number of nitrogens with zero attached hydrogens (tertiary/aromatic N) is 3. The fourth-order valence-electron chi connectivity index (χ4n) is 5.14. The van der Waals surface area contributed by atoms with Crippen molar-refractivity contribution in [3.63, 3.8) is 0 Å². The minimum absolute atomic E-state index is 0.0969. The number of piperidine rings is 1. The maximum atomic E-state index is 13.7. The van der Waals surface area contributed by atoms with Crippen LogP contribution in [0.15, 0.2) is 36.8 Å². The van der Waals surface area contributed by atoms with E-state index in [0.29, 0.717) is 31.1 Å². The molecule has 6 nitrogen and oxygen atoms in total. The highest BCUT2D eigenvalue weighted by atomic mass is 19.1. The molecule has 2 aliphatic rings. The van der Waals surface area contributed by atoms with Crippen molar-refractivity contribution in [2.75, 3.05) is 13.1 Å². The van der Waals surface area contributed by atoms with Gasteiger partial charge in [0, 0.05) is 31.9 Å². The maximum Gasteiger partial charge on any atom is 0.313 e. The van der Waals surface area contributed by atoms with Crippen LogP contribution >= 0.6 is 0 Å². The summed E-state index contributed by atoms with van der Waals surface area (Å²) < 4.78 is 15.9. The van der Waals surface area contributed by atoms with Gasteiger partial charge in [-0.05, 0) is 43.4 Å². The van der Waals surface area contributed by atoms with E-state index < -0.39 is 23.3 Å². The molecule has 0 unspecified atom stereocenters. The van der Waals surface area contributed by atoms with Crippen molar-refractivity contribution in [2.24, 2.45) is 5.41 Å². The van der Waals surface area contributed by atoms with Crippen molar-refractivity contribution in [3.05, 3.63) is 53.9 Å². The van der Waals surface area contributed by atoms with Crippen LogP contribution in [0, 0.1) is 11.2 Å². The third-order valence-corrected chi connectivity index (χ3v) is 6.80. The van der Waals surface area contributed by atoms with Gasteiger partial charge >= 0.3 is 5.97 Å². The van der Waals surface area contributed by atoms with E-state index in [-0.39, 0.29) is 13.0 Å². The van der Waals surface area contributed by atoms with Gasteiger partial charge in [-0.1, -0.05) is 31.4 Å². The molecule has 0 radical (unpaired) electrons. The summed E-state index contributed by atoms with van der Waals surface area (Å²) in [6, 6.07) is 6.46. The van der Waals surface area contributed by atoms with Gasteiger partial charge in [0.25, 0.3) is 0 Å². The van der Waals surface area contributed by atoms with E-state index in [0.717, 1.165) is 18.5 Å². The highest BCUT2D eigenvalue weighted by Crippen LogP contribution is 2.36. The van der Waals surface area contributed by atoms with E-state index >= 15 is 0 Å². The second kappa shape index (κ2) is 8.86. The normalized spacial score (nSPS) is 26.0. The predicted octanol–water partition coefficient (Wildman–Crippen LogP) is 3.41. The smallest absolute Gasteiger partial charge is 0.313 e. The Hall–Kier alpha value is -2.25. The Morgan fingerprint density at radius 1 is 1.23 bits per heavy atom. The zero-order chi connectivity index (χ0) is 21.1. The standard InChI is InChI=1S/C23H30FN3O3/c24-18-6-4-5-17(11-18)12-23(22(29)30)15-26(10-9-21(23)28)14-20-13-25-16-27(20)19-7-2-1-3-8-19/h4-6,11,13,16,19,21,28H,1-3,7-10,12,14-15H2,(H,29,30)/t21-,23-/m1/s1. The van der Waals surface area contributed by atoms with Crippen molar-refractivity contribution in [1.29, 1.82) is 0 Å². The fraction of sp³-hybridized carbons (Fsp3) is 0.565. The molecule has 1 saturated carbocycles. The van der Waals surface area contributed by atoms with Crippen molar-refractivity contribution < 1.29 is 19.4 Å². The summed E-state index contributed by atoms with van der Waals surface area (Å²) >= 11 is 0. The van der Waals surface area contributed by atoms with Crippen molar-refractivity contribution in [2.45, 2.75) is 63.6 Å². The quantitative estimate of drug-likeness (QED) is 0.756. The number of benzene rings is 1. The summed E-state index contributed by atoms with van der Waals surface area (Å²) in [5, 5.41) is 20.8. The molecule has 1 saturated heterocycles. The van der Waals surface area contributed by atoms with Gasteiger partial charge in [-0.15, -0.1) is 0 Å². The number of aliphatic hydroxyl groups is 1. The number of likely N-dealkylation sites (tertiary alicyclic amines) is 1. The Morgan fingerprint density at radius 2 is 2.03 bits per heavy atom. The second-order valence-electron chi connectivity index (χ2n) is 8.87. The third kappa shape index (κ3) is 4.27. The number of aliphatic hydroxyl groups excluding tert-OH is 1. The van der Waals surface area contributed by atoms with E-state index in [4.69, 9.17) is 0 Å². The first-order chi connectivity index (χ1) is 14.5. The van der Waals surface area contributed by atoms with E-state index in [9.17, 15) is 19.4 Å². The molecule has 2 atom stereocenters. The molecule has 1 aromatic heterocycles. The average molecular weight is 416 g/mol. The fourth-order valence-corrected chi connectivity index (χ4v) is 5.14. The Labute approximate surface area is 176 Å². The molecule has 30 heavy (non-hydrogen) atoms. The number of carboxylic acid groups (broad SMARTS) is 1. The first-order valence-electron chi connectivity index (χ1n) is 10.9. The van der Waals surface area contributed by atoms with Gasteiger partial charge in [-0.3, -0.25) is 9.69 Å². The number of carbonyl (C=O) groups is 1. The van der Waals surface area contributed by atoms with E-state index in [1.807, 2.05) is 12.5 Å². The molecule has 0 amide bonds. The zero-order valence-electron chi connectivity index (χ0n) is 17.2. The average Bonchev–Trinajstić information content (AvgIpc) is 3.19. The molecular formula is C23H30FN3O3. The van der Waals surface area contributed by atoms with Crippen LogP contribution in [0.2, 0.25) is 0 Å². The summed E-state index contributed by atoms with van der Waals surface area (Å²) in [4.78, 5) is 18.8. The van der Waals surface area contributed by atoms with Crippen LogP contribution in [0.25, 0.3) is 0 Å². The largest absolute Gasteiger partial charge is 0.481 e. The van der Waals surface area contributed by atoms with Crippen molar-refractivity contribution in [1.82, 2.24) is 14.5 Å². The van der Waals surface area contributed by atoms with Crippen LogP contribution < -0.4 is 0 Å². The first-order valence-corrected chi connectivity index (χ1v) is 10.9. The third-order valence-electron chi connectivity index (χ3n) is 6.80.